The molecule has 0 rings (SSSR count). The topological polar surface area (TPSA) is 36.2 Å². The largest absolute Gasteiger partial charge is 0.210 e. The van der Waals surface area contributed by atoms with Crippen molar-refractivity contribution >= 4 is 0 Å². The third kappa shape index (κ3) is 3.60. The highest BCUT2D eigenvalue weighted by atomic mass is 14.9. The summed E-state index contributed by atoms with van der Waals surface area (Å²) in [6.07, 6.45) is 1.83. The molecule has 0 unspecified atom stereocenters. The van der Waals surface area contributed by atoms with Crippen molar-refractivity contribution < 1.29 is 0 Å². The molecule has 1 N–H and O–H groups in total. The molecule has 0 aliphatic heterocycles. The number of nitrogens with zero attached hydrogens (tertiary/aromatic N) is 1. The minimum absolute atomic E-state index is 0.556. The highest BCUT2D eigenvalue weighted by Gasteiger charge is 1.64. The molecule has 0 saturated heterocycles. The van der Waals surface area contributed by atoms with Gasteiger partial charge < -0.3 is 0 Å². The normalized spacial score (nSPS) is 7.40. The van der Waals surface area contributed by atoms with Crippen LogP contribution in [0.25, 0.3) is 0 Å². The first-order chi connectivity index (χ1) is 2.41. The van der Waals surface area contributed by atoms with Crippen LogP contribution < -0.4 is 0 Å². The van der Waals surface area contributed by atoms with Crippen LogP contribution >= 0.6 is 0 Å². The molecule has 0 aromatic heterocycles. The summed E-state index contributed by atoms with van der Waals surface area (Å²) in [4.78, 5) is 0. The second-order valence-electron chi connectivity index (χ2n) is 0.749. The maximum absolute atomic E-state index is 6.20. The van der Waals surface area contributed by atoms with E-state index in [1.165, 1.54) is 0 Å². The third-order valence-corrected chi connectivity index (χ3v) is 0.274. The summed E-state index contributed by atoms with van der Waals surface area (Å²) in [6, 6.07) is 0. The van der Waals surface area contributed by atoms with E-state index in [1.807, 2.05) is 13.3 Å². The molecule has 29 valence electrons. The molecular formula is C3H7N2. The van der Waals surface area contributed by atoms with E-state index >= 15 is 0 Å². The third-order valence-electron chi connectivity index (χ3n) is 0.274. The zero-order valence-corrected chi connectivity index (χ0v) is 3.23. The minimum atomic E-state index is 0.556. The Morgan fingerprint density at radius 1 is 2.00 bits per heavy atom. The molecule has 0 aliphatic rings. The molecular weight excluding hydrogens is 64.0 g/mol. The first-order valence-electron chi connectivity index (χ1n) is 1.53. The molecule has 2 nitrogen and oxygen atoms in total. The Hall–Kier alpha value is -0.400. The Morgan fingerprint density at radius 2 is 2.60 bits per heavy atom. The van der Waals surface area contributed by atoms with Crippen LogP contribution in [0, 0.1) is 12.0 Å². The highest BCUT2D eigenvalue weighted by Crippen LogP contribution is 1.69. The first-order valence-corrected chi connectivity index (χ1v) is 1.53. The Kier molecular flexibility index (Phi) is 3.31. The predicted molar refractivity (Wildman–Crippen MR) is 20.0 cm³/mol. The summed E-state index contributed by atoms with van der Waals surface area (Å²) < 4.78 is 0. The van der Waals surface area contributed by atoms with E-state index in [9.17, 15) is 0 Å². The van der Waals surface area contributed by atoms with E-state index in [0.29, 0.717) is 6.54 Å². The Balaban J connectivity index is 2.40. The van der Waals surface area contributed by atoms with Crippen LogP contribution in [-0.2, 0) is 0 Å². The lowest BCUT2D eigenvalue weighted by Crippen LogP contribution is -1.67. The van der Waals surface area contributed by atoms with Gasteiger partial charge in [0.1, 0.15) is 0 Å². The minimum Gasteiger partial charge on any atom is -0.210 e. The van der Waals surface area contributed by atoms with E-state index in [4.69, 9.17) is 5.53 Å². The van der Waals surface area contributed by atoms with Crippen molar-refractivity contribution in [2.45, 2.75) is 6.92 Å². The fraction of sp³-hybridized carbons (Fsp3) is 0.667. The molecule has 0 atom stereocenters. The average molecular weight is 71.1 g/mol. The van der Waals surface area contributed by atoms with Crippen molar-refractivity contribution in [1.82, 2.24) is 0 Å². The number of hydrogen-bond acceptors (Lipinski definition) is 2. The average Bonchev–Trinajstić information content (AvgIpc) is 1.41. The van der Waals surface area contributed by atoms with E-state index in [2.05, 4.69) is 5.11 Å². The molecule has 0 aliphatic carbocycles. The van der Waals surface area contributed by atoms with Gasteiger partial charge >= 0.3 is 0 Å². The molecule has 5 heavy (non-hydrogen) atoms. The van der Waals surface area contributed by atoms with Gasteiger partial charge in [-0.15, -0.1) is 0 Å². The van der Waals surface area contributed by atoms with Gasteiger partial charge in [0.05, 0.1) is 6.54 Å². The van der Waals surface area contributed by atoms with Gasteiger partial charge in [0, 0.05) is 0 Å². The molecule has 0 fully saturated rings. The zero-order valence-electron chi connectivity index (χ0n) is 3.23. The fourth-order valence-corrected chi connectivity index (χ4v) is 0.0913. The second-order valence-corrected chi connectivity index (χ2v) is 0.749. The lowest BCUT2D eigenvalue weighted by molar-refractivity contribution is 0.959. The second kappa shape index (κ2) is 3.60. The summed E-state index contributed by atoms with van der Waals surface area (Å²) in [7, 11) is 0. The van der Waals surface area contributed by atoms with Gasteiger partial charge in [0.25, 0.3) is 0 Å². The van der Waals surface area contributed by atoms with Crippen LogP contribution in [0.4, 0.5) is 0 Å². The lowest BCUT2D eigenvalue weighted by atomic mass is 10.5. The zero-order chi connectivity index (χ0) is 4.12. The maximum Gasteiger partial charge on any atom is 0.0625 e. The van der Waals surface area contributed by atoms with Crippen LogP contribution in [0.2, 0.25) is 0 Å². The quantitative estimate of drug-likeness (QED) is 0.475. The van der Waals surface area contributed by atoms with Gasteiger partial charge in [-0.2, -0.15) is 5.11 Å². The summed E-state index contributed by atoms with van der Waals surface area (Å²) in [5.74, 6) is 0. The number of rotatable bonds is 2. The van der Waals surface area contributed by atoms with Gasteiger partial charge in [-0.05, 0) is 6.42 Å². The van der Waals surface area contributed by atoms with Crippen LogP contribution in [0.1, 0.15) is 6.92 Å². The van der Waals surface area contributed by atoms with Crippen molar-refractivity contribution in [2.24, 2.45) is 5.11 Å². The van der Waals surface area contributed by atoms with E-state index in [-0.39, 0.29) is 0 Å². The smallest absolute Gasteiger partial charge is 0.0625 e. The SMILES string of the molecule is C[CH]CN=N. The molecule has 0 amide bonds. The van der Waals surface area contributed by atoms with Crippen molar-refractivity contribution in [3.63, 3.8) is 0 Å². The predicted octanol–water partition coefficient (Wildman–Crippen LogP) is 1.24. The van der Waals surface area contributed by atoms with Gasteiger partial charge in [0.2, 0.25) is 0 Å². The molecule has 0 aromatic rings. The summed E-state index contributed by atoms with van der Waals surface area (Å²) >= 11 is 0. The highest BCUT2D eigenvalue weighted by molar-refractivity contribution is 4.53. The number of nitrogens with one attached hydrogen (secondary N) is 1. The maximum atomic E-state index is 6.20. The van der Waals surface area contributed by atoms with Crippen LogP contribution in [-0.4, -0.2) is 6.54 Å². The van der Waals surface area contributed by atoms with E-state index < -0.39 is 0 Å². The summed E-state index contributed by atoms with van der Waals surface area (Å²) in [5.41, 5.74) is 6.20. The molecule has 0 bridgehead atoms. The van der Waals surface area contributed by atoms with Gasteiger partial charge in [-0.25, -0.2) is 5.53 Å². The Morgan fingerprint density at radius 3 is 2.60 bits per heavy atom. The monoisotopic (exact) mass is 71.1 g/mol. The van der Waals surface area contributed by atoms with Crippen molar-refractivity contribution in [3.05, 3.63) is 6.42 Å². The van der Waals surface area contributed by atoms with Gasteiger partial charge in [0.15, 0.2) is 0 Å². The fourth-order valence-electron chi connectivity index (χ4n) is 0.0913. The molecule has 0 saturated carbocycles. The van der Waals surface area contributed by atoms with E-state index in [0.717, 1.165) is 0 Å². The van der Waals surface area contributed by atoms with Crippen LogP contribution in [0.5, 0.6) is 0 Å². The first kappa shape index (κ1) is 4.60. The Labute approximate surface area is 31.7 Å². The Bertz CT molecular complexity index is 26.1. The van der Waals surface area contributed by atoms with Gasteiger partial charge in [-0.3, -0.25) is 0 Å². The van der Waals surface area contributed by atoms with Gasteiger partial charge in [-0.1, -0.05) is 6.92 Å². The number of hydrogen-bond donors (Lipinski definition) is 1. The molecule has 0 spiro atoms. The van der Waals surface area contributed by atoms with Crippen LogP contribution in [0.3, 0.4) is 0 Å². The van der Waals surface area contributed by atoms with Crippen molar-refractivity contribution in [2.75, 3.05) is 6.54 Å². The molecule has 0 heterocycles. The molecule has 0 aromatic carbocycles. The molecule has 1 radical (unpaired) electrons. The lowest BCUT2D eigenvalue weighted by Gasteiger charge is -1.71. The summed E-state index contributed by atoms with van der Waals surface area (Å²) in [5, 5.41) is 3.05. The van der Waals surface area contributed by atoms with Crippen molar-refractivity contribution in [3.8, 4) is 0 Å². The van der Waals surface area contributed by atoms with E-state index in [1.54, 1.807) is 0 Å². The standard InChI is InChI=1S/C3H7N2/c1-2-3-5-4/h2,4H,3H2,1H3. The summed E-state index contributed by atoms with van der Waals surface area (Å²) in [6.45, 7) is 2.43. The van der Waals surface area contributed by atoms with Crippen LogP contribution in [0.15, 0.2) is 5.11 Å². The molecule has 2 heteroatoms. The van der Waals surface area contributed by atoms with Crippen molar-refractivity contribution in [1.29, 1.82) is 5.53 Å².